The van der Waals surface area contributed by atoms with E-state index < -0.39 is 10.0 Å². The van der Waals surface area contributed by atoms with Crippen LogP contribution < -0.4 is 9.46 Å². The summed E-state index contributed by atoms with van der Waals surface area (Å²) < 4.78 is 30.1. The van der Waals surface area contributed by atoms with Crippen molar-refractivity contribution in [3.8, 4) is 5.75 Å². The molecule has 5 heteroatoms. The molecule has 1 N–H and O–H groups in total. The standard InChI is InChI=1S/C12H19NO3S/c1-3-11-5-7-12(8-6-11)16-10-9-13-17(14,15)4-2/h5-8,13H,3-4,9-10H2,1-2H3. The summed E-state index contributed by atoms with van der Waals surface area (Å²) in [7, 11) is -3.11. The zero-order valence-electron chi connectivity index (χ0n) is 10.3. The Bertz CT molecular complexity index is 426. The lowest BCUT2D eigenvalue weighted by molar-refractivity contribution is 0.323. The monoisotopic (exact) mass is 257 g/mol. The van der Waals surface area contributed by atoms with Crippen LogP contribution in [0.25, 0.3) is 0 Å². The minimum absolute atomic E-state index is 0.0954. The van der Waals surface area contributed by atoms with Gasteiger partial charge in [0.2, 0.25) is 10.0 Å². The molecule has 0 heterocycles. The first-order valence-electron chi connectivity index (χ1n) is 5.76. The Kier molecular flexibility index (Phi) is 5.44. The van der Waals surface area contributed by atoms with E-state index >= 15 is 0 Å². The second kappa shape index (κ2) is 6.61. The summed E-state index contributed by atoms with van der Waals surface area (Å²) >= 11 is 0. The van der Waals surface area contributed by atoms with Gasteiger partial charge in [0, 0.05) is 6.54 Å². The highest BCUT2D eigenvalue weighted by Gasteiger charge is 2.04. The summed E-state index contributed by atoms with van der Waals surface area (Å²) in [6.07, 6.45) is 0.997. The molecule has 17 heavy (non-hydrogen) atoms. The molecule has 0 amide bonds. The van der Waals surface area contributed by atoms with Crippen molar-refractivity contribution in [2.45, 2.75) is 20.3 Å². The topological polar surface area (TPSA) is 55.4 Å². The largest absolute Gasteiger partial charge is 0.492 e. The van der Waals surface area contributed by atoms with Crippen molar-refractivity contribution in [1.82, 2.24) is 4.72 Å². The lowest BCUT2D eigenvalue weighted by Crippen LogP contribution is -2.29. The van der Waals surface area contributed by atoms with Crippen molar-refractivity contribution < 1.29 is 13.2 Å². The van der Waals surface area contributed by atoms with Gasteiger partial charge in [0.05, 0.1) is 5.75 Å². The number of sulfonamides is 1. The molecule has 96 valence electrons. The van der Waals surface area contributed by atoms with E-state index in [-0.39, 0.29) is 5.75 Å². The second-order valence-corrected chi connectivity index (χ2v) is 5.74. The zero-order valence-corrected chi connectivity index (χ0v) is 11.1. The molecule has 1 aromatic rings. The summed E-state index contributed by atoms with van der Waals surface area (Å²) in [5.41, 5.74) is 1.25. The Hall–Kier alpha value is -1.07. The fourth-order valence-electron chi connectivity index (χ4n) is 1.29. The molecule has 1 aromatic carbocycles. The third-order valence-corrected chi connectivity index (χ3v) is 3.81. The molecule has 0 aliphatic rings. The van der Waals surface area contributed by atoms with Crippen LogP contribution in [-0.4, -0.2) is 27.3 Å². The summed E-state index contributed by atoms with van der Waals surface area (Å²) in [4.78, 5) is 0. The number of rotatable bonds is 7. The van der Waals surface area contributed by atoms with Crippen LogP contribution in [0.1, 0.15) is 19.4 Å². The first kappa shape index (κ1) is 14.0. The van der Waals surface area contributed by atoms with E-state index in [4.69, 9.17) is 4.74 Å². The van der Waals surface area contributed by atoms with Crippen molar-refractivity contribution in [3.05, 3.63) is 29.8 Å². The van der Waals surface area contributed by atoms with E-state index in [0.29, 0.717) is 13.2 Å². The van der Waals surface area contributed by atoms with Crippen LogP contribution in [0.4, 0.5) is 0 Å². The summed E-state index contributed by atoms with van der Waals surface area (Å²) in [5.74, 6) is 0.857. The first-order chi connectivity index (χ1) is 8.07. The van der Waals surface area contributed by atoms with Crippen LogP contribution in [-0.2, 0) is 16.4 Å². The van der Waals surface area contributed by atoms with Crippen molar-refractivity contribution in [2.75, 3.05) is 18.9 Å². The fourth-order valence-corrected chi connectivity index (χ4v) is 1.89. The molecule has 0 saturated heterocycles. The van der Waals surface area contributed by atoms with Gasteiger partial charge in [-0.1, -0.05) is 19.1 Å². The number of nitrogens with one attached hydrogen (secondary N) is 1. The summed E-state index contributed by atoms with van der Waals surface area (Å²) in [6.45, 7) is 4.33. The van der Waals surface area contributed by atoms with Crippen LogP contribution in [0.2, 0.25) is 0 Å². The number of ether oxygens (including phenoxy) is 1. The average molecular weight is 257 g/mol. The molecule has 0 aromatic heterocycles. The Morgan fingerprint density at radius 2 is 1.82 bits per heavy atom. The first-order valence-corrected chi connectivity index (χ1v) is 7.41. The lowest BCUT2D eigenvalue weighted by Gasteiger charge is -2.07. The molecule has 0 spiro atoms. The van der Waals surface area contributed by atoms with Crippen LogP contribution >= 0.6 is 0 Å². The maximum atomic E-state index is 11.1. The molecule has 1 rings (SSSR count). The van der Waals surface area contributed by atoms with Crippen molar-refractivity contribution in [1.29, 1.82) is 0 Å². The van der Waals surface area contributed by atoms with Gasteiger partial charge in [0.1, 0.15) is 12.4 Å². The molecule has 0 aliphatic carbocycles. The van der Waals surface area contributed by atoms with Gasteiger partial charge in [-0.15, -0.1) is 0 Å². The van der Waals surface area contributed by atoms with Crippen LogP contribution in [0.15, 0.2) is 24.3 Å². The predicted molar refractivity (Wildman–Crippen MR) is 68.8 cm³/mol. The maximum absolute atomic E-state index is 11.1. The fraction of sp³-hybridized carbons (Fsp3) is 0.500. The van der Waals surface area contributed by atoms with Crippen molar-refractivity contribution in [2.24, 2.45) is 0 Å². The number of aryl methyl sites for hydroxylation is 1. The third kappa shape index (κ3) is 5.19. The Balaban J connectivity index is 2.31. The lowest BCUT2D eigenvalue weighted by atomic mass is 10.2. The number of hydrogen-bond donors (Lipinski definition) is 1. The van der Waals surface area contributed by atoms with Crippen LogP contribution in [0.3, 0.4) is 0 Å². The molecular weight excluding hydrogens is 238 g/mol. The van der Waals surface area contributed by atoms with E-state index in [0.717, 1.165) is 12.2 Å². The Morgan fingerprint density at radius 1 is 1.18 bits per heavy atom. The molecule has 0 aliphatic heterocycles. The third-order valence-electron chi connectivity index (χ3n) is 2.40. The van der Waals surface area contributed by atoms with E-state index in [2.05, 4.69) is 11.6 Å². The number of benzene rings is 1. The minimum atomic E-state index is -3.11. The smallest absolute Gasteiger partial charge is 0.211 e. The minimum Gasteiger partial charge on any atom is -0.492 e. The quantitative estimate of drug-likeness (QED) is 0.754. The van der Waals surface area contributed by atoms with Gasteiger partial charge in [-0.05, 0) is 31.0 Å². The summed E-state index contributed by atoms with van der Waals surface area (Å²) in [5, 5.41) is 0. The van der Waals surface area contributed by atoms with E-state index in [1.807, 2.05) is 24.3 Å². The van der Waals surface area contributed by atoms with Crippen LogP contribution in [0.5, 0.6) is 5.75 Å². The van der Waals surface area contributed by atoms with Gasteiger partial charge in [-0.25, -0.2) is 13.1 Å². The predicted octanol–water partition coefficient (Wildman–Crippen LogP) is 1.57. The van der Waals surface area contributed by atoms with Gasteiger partial charge in [-0.2, -0.15) is 0 Å². The maximum Gasteiger partial charge on any atom is 0.211 e. The zero-order chi connectivity index (χ0) is 12.7. The Labute approximate surface area is 103 Å². The highest BCUT2D eigenvalue weighted by atomic mass is 32.2. The van der Waals surface area contributed by atoms with Crippen molar-refractivity contribution >= 4 is 10.0 Å². The van der Waals surface area contributed by atoms with Gasteiger partial charge < -0.3 is 4.74 Å². The molecule has 0 atom stereocenters. The summed E-state index contributed by atoms with van der Waals surface area (Å²) in [6, 6.07) is 7.80. The van der Waals surface area contributed by atoms with Gasteiger partial charge in [0.25, 0.3) is 0 Å². The van der Waals surface area contributed by atoms with Gasteiger partial charge in [0.15, 0.2) is 0 Å². The second-order valence-electron chi connectivity index (χ2n) is 3.64. The van der Waals surface area contributed by atoms with E-state index in [1.165, 1.54) is 5.56 Å². The van der Waals surface area contributed by atoms with E-state index in [1.54, 1.807) is 6.92 Å². The SMILES string of the molecule is CCc1ccc(OCCNS(=O)(=O)CC)cc1. The highest BCUT2D eigenvalue weighted by Crippen LogP contribution is 2.11. The Morgan fingerprint density at radius 3 is 2.35 bits per heavy atom. The van der Waals surface area contributed by atoms with E-state index in [9.17, 15) is 8.42 Å². The number of hydrogen-bond acceptors (Lipinski definition) is 3. The molecule has 0 saturated carbocycles. The van der Waals surface area contributed by atoms with Crippen molar-refractivity contribution in [3.63, 3.8) is 0 Å². The molecule has 0 fully saturated rings. The normalized spacial score (nSPS) is 11.4. The molecule has 4 nitrogen and oxygen atoms in total. The highest BCUT2D eigenvalue weighted by molar-refractivity contribution is 7.89. The molecule has 0 bridgehead atoms. The molecule has 0 unspecified atom stereocenters. The molecular formula is C12H19NO3S. The van der Waals surface area contributed by atoms with Crippen LogP contribution in [0, 0.1) is 0 Å². The average Bonchev–Trinajstić information content (AvgIpc) is 2.35. The van der Waals surface area contributed by atoms with Gasteiger partial charge in [-0.3, -0.25) is 0 Å². The molecule has 0 radical (unpaired) electrons. The van der Waals surface area contributed by atoms with Gasteiger partial charge >= 0.3 is 0 Å².